The van der Waals surface area contributed by atoms with Gasteiger partial charge in [-0.3, -0.25) is 5.32 Å². The number of rotatable bonds is 8. The molecule has 0 aliphatic rings. The summed E-state index contributed by atoms with van der Waals surface area (Å²) in [4.78, 5) is 24.1. The lowest BCUT2D eigenvalue weighted by Crippen LogP contribution is -2.35. The van der Waals surface area contributed by atoms with Crippen LogP contribution in [0, 0.1) is 0 Å². The van der Waals surface area contributed by atoms with Crippen molar-refractivity contribution in [3.05, 3.63) is 24.3 Å². The minimum atomic E-state index is -4.09. The number of sulfonamides is 1. The van der Waals surface area contributed by atoms with Crippen LogP contribution in [0.15, 0.2) is 34.1 Å². The molecule has 0 atom stereocenters. The Morgan fingerprint density at radius 2 is 1.74 bits per heavy atom. The quantitative estimate of drug-likeness (QED) is 0.623. The standard InChI is InChI=1S/C15H19N5O5S2/c1-4-9-26-10-7-5-6-8-11(10)27(22,23)20-13(21)16-12-17-14(24-2)19-15(18-12)25-3/h5-8H,4,9H2,1-3H3,(H2,16,17,18,19,20,21). The summed E-state index contributed by atoms with van der Waals surface area (Å²) in [6.45, 7) is 1.99. The van der Waals surface area contributed by atoms with Crippen LogP contribution in [0.2, 0.25) is 0 Å². The average molecular weight is 413 g/mol. The molecule has 10 nitrogen and oxygen atoms in total. The van der Waals surface area contributed by atoms with E-state index in [1.165, 1.54) is 32.0 Å². The molecule has 2 aromatic rings. The molecule has 2 N–H and O–H groups in total. The number of nitrogens with zero attached hydrogens (tertiary/aromatic N) is 3. The molecule has 12 heteroatoms. The maximum Gasteiger partial charge on any atom is 0.335 e. The minimum absolute atomic E-state index is 0.0180. The monoisotopic (exact) mass is 413 g/mol. The highest BCUT2D eigenvalue weighted by atomic mass is 32.2. The summed E-state index contributed by atoms with van der Waals surface area (Å²) in [5, 5.41) is 2.22. The van der Waals surface area contributed by atoms with Crippen LogP contribution in [0.1, 0.15) is 13.3 Å². The Balaban J connectivity index is 2.18. The van der Waals surface area contributed by atoms with Gasteiger partial charge in [-0.2, -0.15) is 9.97 Å². The third-order valence-electron chi connectivity index (χ3n) is 3.01. The van der Waals surface area contributed by atoms with Gasteiger partial charge >= 0.3 is 18.1 Å². The number of hydrogen-bond acceptors (Lipinski definition) is 9. The number of thioether (sulfide) groups is 1. The summed E-state index contributed by atoms with van der Waals surface area (Å²) in [7, 11) is -1.43. The normalized spacial score (nSPS) is 10.9. The number of methoxy groups -OCH3 is 2. The first kappa shape index (κ1) is 20.7. The van der Waals surface area contributed by atoms with Crippen LogP contribution in [0.5, 0.6) is 12.0 Å². The number of nitrogens with one attached hydrogen (secondary N) is 2. The summed E-state index contributed by atoms with van der Waals surface area (Å²) in [6, 6.07) is 5.23. The zero-order valence-electron chi connectivity index (χ0n) is 14.9. The van der Waals surface area contributed by atoms with E-state index in [1.54, 1.807) is 18.2 Å². The Labute approximate surface area is 161 Å². The molecular formula is C15H19N5O5S2. The number of amides is 2. The molecule has 146 valence electrons. The second-order valence-electron chi connectivity index (χ2n) is 4.99. The van der Waals surface area contributed by atoms with Crippen LogP contribution < -0.4 is 19.5 Å². The number of anilines is 1. The smallest absolute Gasteiger partial charge is 0.335 e. The van der Waals surface area contributed by atoms with Crippen LogP contribution in [0.4, 0.5) is 10.7 Å². The van der Waals surface area contributed by atoms with E-state index in [0.717, 1.165) is 12.2 Å². The molecule has 1 aromatic heterocycles. The largest absolute Gasteiger partial charge is 0.467 e. The first-order valence-corrected chi connectivity index (χ1v) is 10.3. The fourth-order valence-electron chi connectivity index (χ4n) is 1.88. The predicted octanol–water partition coefficient (Wildman–Crippen LogP) is 1.90. The van der Waals surface area contributed by atoms with Crippen LogP contribution in [-0.2, 0) is 10.0 Å². The average Bonchev–Trinajstić information content (AvgIpc) is 2.65. The molecule has 1 aromatic carbocycles. The molecule has 1 heterocycles. The lowest BCUT2D eigenvalue weighted by atomic mass is 10.4. The zero-order valence-corrected chi connectivity index (χ0v) is 16.6. The summed E-state index contributed by atoms with van der Waals surface area (Å²) in [6.07, 6.45) is 0.885. The summed E-state index contributed by atoms with van der Waals surface area (Å²) >= 11 is 1.40. The first-order chi connectivity index (χ1) is 12.9. The van der Waals surface area contributed by atoms with Crippen molar-refractivity contribution in [1.29, 1.82) is 0 Å². The van der Waals surface area contributed by atoms with E-state index in [1.807, 2.05) is 11.6 Å². The topological polar surface area (TPSA) is 132 Å². The minimum Gasteiger partial charge on any atom is -0.467 e. The molecule has 0 aliphatic carbocycles. The number of ether oxygens (including phenoxy) is 2. The second kappa shape index (κ2) is 9.37. The van der Waals surface area contributed by atoms with Crippen LogP contribution in [-0.4, -0.2) is 49.4 Å². The highest BCUT2D eigenvalue weighted by molar-refractivity contribution is 8.00. The number of carbonyl (C=O) groups excluding carboxylic acids is 1. The van der Waals surface area contributed by atoms with Gasteiger partial charge in [-0.05, 0) is 24.3 Å². The van der Waals surface area contributed by atoms with Gasteiger partial charge in [0.2, 0.25) is 5.95 Å². The highest BCUT2D eigenvalue weighted by Gasteiger charge is 2.22. The molecule has 0 unspecified atom stereocenters. The Morgan fingerprint density at radius 1 is 1.11 bits per heavy atom. The van der Waals surface area contributed by atoms with E-state index in [0.29, 0.717) is 4.90 Å². The van der Waals surface area contributed by atoms with Gasteiger partial charge in [-0.25, -0.2) is 17.9 Å². The predicted molar refractivity (Wildman–Crippen MR) is 99.7 cm³/mol. The van der Waals surface area contributed by atoms with E-state index >= 15 is 0 Å². The van der Waals surface area contributed by atoms with Crippen molar-refractivity contribution in [2.75, 3.05) is 25.3 Å². The molecular weight excluding hydrogens is 394 g/mol. The first-order valence-electron chi connectivity index (χ1n) is 7.79. The summed E-state index contributed by atoms with van der Waals surface area (Å²) in [5.41, 5.74) is 0. The van der Waals surface area contributed by atoms with Crippen molar-refractivity contribution >= 4 is 33.8 Å². The van der Waals surface area contributed by atoms with E-state index in [-0.39, 0.29) is 22.9 Å². The molecule has 0 fully saturated rings. The molecule has 0 saturated heterocycles. The van der Waals surface area contributed by atoms with Crippen LogP contribution >= 0.6 is 11.8 Å². The molecule has 2 amide bonds. The maximum absolute atomic E-state index is 12.6. The van der Waals surface area contributed by atoms with Crippen molar-refractivity contribution in [3.63, 3.8) is 0 Å². The zero-order chi connectivity index (χ0) is 19.9. The molecule has 0 radical (unpaired) electrons. The van der Waals surface area contributed by atoms with Gasteiger partial charge in [0.25, 0.3) is 10.0 Å². The van der Waals surface area contributed by atoms with Gasteiger partial charge in [-0.1, -0.05) is 19.1 Å². The van der Waals surface area contributed by atoms with Crippen molar-refractivity contribution in [3.8, 4) is 12.0 Å². The SMILES string of the molecule is CCCSc1ccccc1S(=O)(=O)NC(=O)Nc1nc(OC)nc(OC)n1. The van der Waals surface area contributed by atoms with Gasteiger partial charge in [0.1, 0.15) is 4.90 Å². The molecule has 0 bridgehead atoms. The third-order valence-corrected chi connectivity index (χ3v) is 5.81. The van der Waals surface area contributed by atoms with Crippen molar-refractivity contribution < 1.29 is 22.7 Å². The van der Waals surface area contributed by atoms with Gasteiger partial charge < -0.3 is 9.47 Å². The number of benzene rings is 1. The number of aromatic nitrogens is 3. The van der Waals surface area contributed by atoms with Crippen molar-refractivity contribution in [2.45, 2.75) is 23.1 Å². The van der Waals surface area contributed by atoms with Crippen molar-refractivity contribution in [2.24, 2.45) is 0 Å². The Bertz CT molecular complexity index is 885. The third kappa shape index (κ3) is 5.69. The van der Waals surface area contributed by atoms with Gasteiger partial charge in [-0.15, -0.1) is 16.7 Å². The Hall–Kier alpha value is -2.60. The van der Waals surface area contributed by atoms with Crippen LogP contribution in [0.3, 0.4) is 0 Å². The number of urea groups is 1. The molecule has 0 aliphatic heterocycles. The molecule has 0 spiro atoms. The highest BCUT2D eigenvalue weighted by Crippen LogP contribution is 2.26. The maximum atomic E-state index is 12.6. The molecule has 0 saturated carbocycles. The van der Waals surface area contributed by atoms with Crippen LogP contribution in [0.25, 0.3) is 0 Å². The fourth-order valence-corrected chi connectivity index (χ4v) is 4.19. The van der Waals surface area contributed by atoms with E-state index in [4.69, 9.17) is 9.47 Å². The van der Waals surface area contributed by atoms with E-state index < -0.39 is 16.1 Å². The van der Waals surface area contributed by atoms with E-state index in [9.17, 15) is 13.2 Å². The fraction of sp³-hybridized carbons (Fsp3) is 0.333. The molecule has 27 heavy (non-hydrogen) atoms. The van der Waals surface area contributed by atoms with Gasteiger partial charge in [0.15, 0.2) is 0 Å². The lowest BCUT2D eigenvalue weighted by molar-refractivity contribution is 0.256. The molecule has 2 rings (SSSR count). The van der Waals surface area contributed by atoms with Crippen molar-refractivity contribution in [1.82, 2.24) is 19.7 Å². The van der Waals surface area contributed by atoms with Gasteiger partial charge in [0.05, 0.1) is 14.2 Å². The lowest BCUT2D eigenvalue weighted by Gasteiger charge is -2.11. The van der Waals surface area contributed by atoms with E-state index in [2.05, 4.69) is 20.3 Å². The second-order valence-corrected chi connectivity index (χ2v) is 7.77. The Morgan fingerprint density at radius 3 is 2.33 bits per heavy atom. The van der Waals surface area contributed by atoms with Gasteiger partial charge in [0, 0.05) is 4.90 Å². The summed E-state index contributed by atoms with van der Waals surface area (Å²) < 4.78 is 36.8. The number of hydrogen-bond donors (Lipinski definition) is 2. The summed E-state index contributed by atoms with van der Waals surface area (Å²) in [5.74, 6) is 0.531. The number of carbonyl (C=O) groups is 1. The Kier molecular flexibility index (Phi) is 7.19.